The molecule has 84 valence electrons. The summed E-state index contributed by atoms with van der Waals surface area (Å²) in [4.78, 5) is 2.50. The molecule has 2 nitrogen and oxygen atoms in total. The van der Waals surface area contributed by atoms with Crippen molar-refractivity contribution in [3.8, 4) is 0 Å². The summed E-state index contributed by atoms with van der Waals surface area (Å²) in [5.41, 5.74) is 1.41. The minimum atomic E-state index is 0.750. The van der Waals surface area contributed by atoms with Gasteiger partial charge in [0.1, 0.15) is 0 Å². The fourth-order valence-electron chi connectivity index (χ4n) is 2.13. The molecule has 1 aliphatic rings. The summed E-state index contributed by atoms with van der Waals surface area (Å²) in [5.74, 6) is 0. The summed E-state index contributed by atoms with van der Waals surface area (Å²) in [7, 11) is 0. The van der Waals surface area contributed by atoms with Crippen LogP contribution in [-0.2, 0) is 0 Å². The van der Waals surface area contributed by atoms with Crippen LogP contribution in [0.5, 0.6) is 0 Å². The van der Waals surface area contributed by atoms with E-state index in [0.29, 0.717) is 0 Å². The van der Waals surface area contributed by atoms with Crippen LogP contribution in [0.2, 0.25) is 0 Å². The van der Waals surface area contributed by atoms with Crippen LogP contribution < -0.4 is 10.2 Å². The quantitative estimate of drug-likeness (QED) is 0.846. The molecule has 1 aromatic rings. The Hall–Kier alpha value is -0.540. The zero-order chi connectivity index (χ0) is 10.5. The van der Waals surface area contributed by atoms with Crippen molar-refractivity contribution >= 4 is 17.0 Å². The van der Waals surface area contributed by atoms with E-state index in [0.717, 1.165) is 6.04 Å². The molecule has 1 aromatic heterocycles. The normalized spacial score (nSPS) is 18.3. The van der Waals surface area contributed by atoms with E-state index >= 15 is 0 Å². The fourth-order valence-corrected chi connectivity index (χ4v) is 2.79. The molecule has 0 amide bonds. The lowest BCUT2D eigenvalue weighted by Gasteiger charge is -2.33. The Morgan fingerprint density at radius 3 is 2.87 bits per heavy atom. The maximum Gasteiger partial charge on any atom is 0.0474 e. The molecule has 0 atom stereocenters. The zero-order valence-electron chi connectivity index (χ0n) is 9.41. The van der Waals surface area contributed by atoms with Crippen molar-refractivity contribution in [1.29, 1.82) is 0 Å². The maximum atomic E-state index is 3.61. The third-order valence-electron chi connectivity index (χ3n) is 3.05. The first-order valence-electron chi connectivity index (χ1n) is 5.90. The van der Waals surface area contributed by atoms with Gasteiger partial charge in [0.05, 0.1) is 0 Å². The van der Waals surface area contributed by atoms with Gasteiger partial charge < -0.3 is 10.2 Å². The smallest absolute Gasteiger partial charge is 0.0474 e. The lowest BCUT2D eigenvalue weighted by atomic mass is 10.0. The molecule has 0 unspecified atom stereocenters. The summed E-state index contributed by atoms with van der Waals surface area (Å²) in [6.07, 6.45) is 3.82. The van der Waals surface area contributed by atoms with Gasteiger partial charge in [-0.2, -0.15) is 11.3 Å². The molecule has 0 spiro atoms. The van der Waals surface area contributed by atoms with E-state index in [1.54, 1.807) is 11.3 Å². The third kappa shape index (κ3) is 2.95. The Balaban J connectivity index is 1.77. The zero-order valence-corrected chi connectivity index (χ0v) is 10.2. The van der Waals surface area contributed by atoms with Crippen LogP contribution in [0.3, 0.4) is 0 Å². The summed E-state index contributed by atoms with van der Waals surface area (Å²) < 4.78 is 0. The number of anilines is 1. The van der Waals surface area contributed by atoms with Gasteiger partial charge in [-0.1, -0.05) is 6.92 Å². The largest absolute Gasteiger partial charge is 0.371 e. The second kappa shape index (κ2) is 5.52. The molecule has 0 aromatic carbocycles. The Bertz CT molecular complexity index is 263. The van der Waals surface area contributed by atoms with Gasteiger partial charge in [0.25, 0.3) is 0 Å². The number of nitrogens with one attached hydrogen (secondary N) is 1. The standard InChI is InChI=1S/C12H20N2S/c1-2-6-13-11-3-7-14(8-4-11)12-5-9-15-10-12/h5,9-11,13H,2-4,6-8H2,1H3. The van der Waals surface area contributed by atoms with E-state index in [2.05, 4.69) is 34.0 Å². The SMILES string of the molecule is CCCNC1CCN(c2ccsc2)CC1. The van der Waals surface area contributed by atoms with Crippen LogP contribution >= 0.6 is 11.3 Å². The number of thiophene rings is 1. The first kappa shape index (κ1) is 11.0. The molecule has 3 heteroatoms. The van der Waals surface area contributed by atoms with Crippen molar-refractivity contribution in [2.24, 2.45) is 0 Å². The molecule has 0 bridgehead atoms. The van der Waals surface area contributed by atoms with Crippen LogP contribution in [0.4, 0.5) is 5.69 Å². The van der Waals surface area contributed by atoms with E-state index in [1.165, 1.54) is 44.6 Å². The second-order valence-corrected chi connectivity index (χ2v) is 4.98. The molecule has 0 radical (unpaired) electrons. The highest BCUT2D eigenvalue weighted by molar-refractivity contribution is 7.08. The predicted molar refractivity (Wildman–Crippen MR) is 67.8 cm³/mol. The van der Waals surface area contributed by atoms with Crippen LogP contribution in [0.25, 0.3) is 0 Å². The van der Waals surface area contributed by atoms with E-state index in [4.69, 9.17) is 0 Å². The average Bonchev–Trinajstić information content (AvgIpc) is 2.80. The predicted octanol–water partition coefficient (Wildman–Crippen LogP) is 2.72. The topological polar surface area (TPSA) is 15.3 Å². The Morgan fingerprint density at radius 2 is 2.27 bits per heavy atom. The number of hydrogen-bond donors (Lipinski definition) is 1. The van der Waals surface area contributed by atoms with Crippen LogP contribution in [0.15, 0.2) is 16.8 Å². The lowest BCUT2D eigenvalue weighted by molar-refractivity contribution is 0.416. The number of hydrogen-bond acceptors (Lipinski definition) is 3. The fraction of sp³-hybridized carbons (Fsp3) is 0.667. The van der Waals surface area contributed by atoms with Gasteiger partial charge in [-0.05, 0) is 37.3 Å². The molecule has 1 N–H and O–H groups in total. The molecule has 15 heavy (non-hydrogen) atoms. The molecule has 2 heterocycles. The summed E-state index contributed by atoms with van der Waals surface area (Å²) in [6.45, 7) is 5.81. The van der Waals surface area contributed by atoms with E-state index < -0.39 is 0 Å². The Kier molecular flexibility index (Phi) is 4.03. The molecule has 0 aliphatic carbocycles. The second-order valence-electron chi connectivity index (χ2n) is 4.20. The first-order chi connectivity index (χ1) is 7.40. The van der Waals surface area contributed by atoms with Crippen molar-refractivity contribution in [1.82, 2.24) is 5.32 Å². The van der Waals surface area contributed by atoms with E-state index in [-0.39, 0.29) is 0 Å². The molecule has 1 fully saturated rings. The number of piperidine rings is 1. The van der Waals surface area contributed by atoms with E-state index in [9.17, 15) is 0 Å². The molecular weight excluding hydrogens is 204 g/mol. The van der Waals surface area contributed by atoms with Gasteiger partial charge in [0.2, 0.25) is 0 Å². The third-order valence-corrected chi connectivity index (χ3v) is 3.72. The van der Waals surface area contributed by atoms with Gasteiger partial charge in [-0.25, -0.2) is 0 Å². The highest BCUT2D eigenvalue weighted by atomic mass is 32.1. The number of rotatable bonds is 4. The van der Waals surface area contributed by atoms with Crippen LogP contribution in [0, 0.1) is 0 Å². The first-order valence-corrected chi connectivity index (χ1v) is 6.85. The molecule has 1 saturated heterocycles. The summed E-state index contributed by atoms with van der Waals surface area (Å²) in [5, 5.41) is 8.03. The van der Waals surface area contributed by atoms with Gasteiger partial charge in [-0.3, -0.25) is 0 Å². The molecule has 0 saturated carbocycles. The molecular formula is C12H20N2S. The maximum absolute atomic E-state index is 3.61. The van der Waals surface area contributed by atoms with Crippen molar-refractivity contribution in [3.05, 3.63) is 16.8 Å². The van der Waals surface area contributed by atoms with E-state index in [1.807, 2.05) is 0 Å². The Labute approximate surface area is 96.3 Å². The average molecular weight is 224 g/mol. The van der Waals surface area contributed by atoms with Gasteiger partial charge >= 0.3 is 0 Å². The minimum absolute atomic E-state index is 0.750. The Morgan fingerprint density at radius 1 is 1.47 bits per heavy atom. The molecule has 1 aliphatic heterocycles. The van der Waals surface area contributed by atoms with Crippen LogP contribution in [0.1, 0.15) is 26.2 Å². The number of nitrogens with zero attached hydrogens (tertiary/aromatic N) is 1. The lowest BCUT2D eigenvalue weighted by Crippen LogP contribution is -2.42. The van der Waals surface area contributed by atoms with Gasteiger partial charge in [0, 0.05) is 30.2 Å². The van der Waals surface area contributed by atoms with Crippen molar-refractivity contribution in [3.63, 3.8) is 0 Å². The van der Waals surface area contributed by atoms with Crippen molar-refractivity contribution in [2.75, 3.05) is 24.5 Å². The monoisotopic (exact) mass is 224 g/mol. The van der Waals surface area contributed by atoms with Gasteiger partial charge in [-0.15, -0.1) is 0 Å². The highest BCUT2D eigenvalue weighted by Crippen LogP contribution is 2.22. The summed E-state index contributed by atoms with van der Waals surface area (Å²) >= 11 is 1.79. The summed E-state index contributed by atoms with van der Waals surface area (Å²) in [6, 6.07) is 2.98. The van der Waals surface area contributed by atoms with Crippen LogP contribution in [-0.4, -0.2) is 25.7 Å². The molecule has 2 rings (SSSR count). The van der Waals surface area contributed by atoms with Crippen molar-refractivity contribution in [2.45, 2.75) is 32.2 Å². The van der Waals surface area contributed by atoms with Crippen molar-refractivity contribution < 1.29 is 0 Å². The minimum Gasteiger partial charge on any atom is -0.371 e. The highest BCUT2D eigenvalue weighted by Gasteiger charge is 2.18. The van der Waals surface area contributed by atoms with Gasteiger partial charge in [0.15, 0.2) is 0 Å².